The van der Waals surface area contributed by atoms with Crippen molar-refractivity contribution in [2.45, 2.75) is 32.2 Å². The summed E-state index contributed by atoms with van der Waals surface area (Å²) < 4.78 is 30.8. The van der Waals surface area contributed by atoms with E-state index in [0.717, 1.165) is 22.4 Å². The second kappa shape index (κ2) is 9.52. The Morgan fingerprint density at radius 2 is 1.68 bits per heavy atom. The molecule has 0 aliphatic heterocycles. The van der Waals surface area contributed by atoms with E-state index in [0.29, 0.717) is 17.8 Å². The lowest BCUT2D eigenvalue weighted by Crippen LogP contribution is -2.23. The number of imidazole rings is 1. The van der Waals surface area contributed by atoms with Crippen molar-refractivity contribution in [2.75, 3.05) is 4.72 Å². The van der Waals surface area contributed by atoms with Crippen molar-refractivity contribution < 1.29 is 13.2 Å². The summed E-state index contributed by atoms with van der Waals surface area (Å²) in [6.45, 7) is 5.77. The summed E-state index contributed by atoms with van der Waals surface area (Å²) in [5.41, 5.74) is 5.02. The SMILES string of the molecule is Cc1ccc(C)c(NS(=O)(=O)c2cc(C(=O)NCc3ccc(-n4ccnc4)cc3)ccc2C)c1. The van der Waals surface area contributed by atoms with Crippen LogP contribution in [0.5, 0.6) is 0 Å². The first kappa shape index (κ1) is 23.3. The van der Waals surface area contributed by atoms with E-state index < -0.39 is 10.0 Å². The van der Waals surface area contributed by atoms with Crippen LogP contribution in [0.25, 0.3) is 5.69 Å². The third-order valence-corrected chi connectivity index (χ3v) is 7.08. The van der Waals surface area contributed by atoms with Gasteiger partial charge < -0.3 is 9.88 Å². The third kappa shape index (κ3) is 5.18. The van der Waals surface area contributed by atoms with Crippen molar-refractivity contribution in [3.8, 4) is 5.69 Å². The molecule has 34 heavy (non-hydrogen) atoms. The number of carbonyl (C=O) groups is 1. The van der Waals surface area contributed by atoms with E-state index >= 15 is 0 Å². The summed E-state index contributed by atoms with van der Waals surface area (Å²) in [6, 6.07) is 18.0. The maximum Gasteiger partial charge on any atom is 0.262 e. The highest BCUT2D eigenvalue weighted by Gasteiger charge is 2.20. The highest BCUT2D eigenvalue weighted by Crippen LogP contribution is 2.24. The smallest absolute Gasteiger partial charge is 0.262 e. The molecule has 2 N–H and O–H groups in total. The first-order chi connectivity index (χ1) is 16.2. The van der Waals surface area contributed by atoms with Gasteiger partial charge in [0.25, 0.3) is 15.9 Å². The van der Waals surface area contributed by atoms with Gasteiger partial charge in [0.15, 0.2) is 0 Å². The third-order valence-electron chi connectivity index (χ3n) is 5.57. The van der Waals surface area contributed by atoms with Crippen LogP contribution in [0.3, 0.4) is 0 Å². The Labute approximate surface area is 199 Å². The number of carbonyl (C=O) groups excluding carboxylic acids is 1. The topological polar surface area (TPSA) is 93.1 Å². The molecule has 7 nitrogen and oxygen atoms in total. The van der Waals surface area contributed by atoms with E-state index in [2.05, 4.69) is 15.0 Å². The van der Waals surface area contributed by atoms with Gasteiger partial charge in [-0.1, -0.05) is 30.3 Å². The van der Waals surface area contributed by atoms with Crippen LogP contribution in [-0.4, -0.2) is 23.9 Å². The second-order valence-electron chi connectivity index (χ2n) is 8.22. The second-order valence-corrected chi connectivity index (χ2v) is 9.87. The van der Waals surface area contributed by atoms with Gasteiger partial charge in [-0.2, -0.15) is 0 Å². The average Bonchev–Trinajstić information content (AvgIpc) is 3.35. The van der Waals surface area contributed by atoms with Gasteiger partial charge in [0.2, 0.25) is 0 Å². The van der Waals surface area contributed by atoms with Crippen LogP contribution in [0.2, 0.25) is 0 Å². The predicted molar refractivity (Wildman–Crippen MR) is 133 cm³/mol. The molecule has 0 radical (unpaired) electrons. The monoisotopic (exact) mass is 474 g/mol. The number of sulfonamides is 1. The summed E-state index contributed by atoms with van der Waals surface area (Å²) in [5.74, 6) is -0.345. The molecule has 8 heteroatoms. The first-order valence-corrected chi connectivity index (χ1v) is 12.3. The van der Waals surface area contributed by atoms with Crippen LogP contribution in [0.4, 0.5) is 5.69 Å². The Kier molecular flexibility index (Phi) is 6.51. The van der Waals surface area contributed by atoms with Crippen LogP contribution >= 0.6 is 0 Å². The van der Waals surface area contributed by atoms with Crippen LogP contribution in [-0.2, 0) is 16.6 Å². The molecule has 3 aromatic carbocycles. The summed E-state index contributed by atoms with van der Waals surface area (Å²) in [6.07, 6.45) is 5.28. The minimum Gasteiger partial charge on any atom is -0.348 e. The summed E-state index contributed by atoms with van der Waals surface area (Å²) >= 11 is 0. The maximum atomic E-state index is 13.1. The molecule has 1 amide bonds. The zero-order valence-corrected chi connectivity index (χ0v) is 20.1. The van der Waals surface area contributed by atoms with Crippen molar-refractivity contribution in [1.29, 1.82) is 0 Å². The number of nitrogens with one attached hydrogen (secondary N) is 2. The van der Waals surface area contributed by atoms with Gasteiger partial charge in [0.1, 0.15) is 0 Å². The number of aryl methyl sites for hydroxylation is 3. The summed E-state index contributed by atoms with van der Waals surface area (Å²) in [4.78, 5) is 16.9. The highest BCUT2D eigenvalue weighted by atomic mass is 32.2. The molecule has 0 saturated carbocycles. The average molecular weight is 475 g/mol. The van der Waals surface area contributed by atoms with Gasteiger partial charge in [0.05, 0.1) is 16.9 Å². The van der Waals surface area contributed by atoms with Crippen molar-refractivity contribution in [3.63, 3.8) is 0 Å². The Morgan fingerprint density at radius 1 is 0.941 bits per heavy atom. The lowest BCUT2D eigenvalue weighted by atomic mass is 10.1. The molecular formula is C26H26N4O3S. The fourth-order valence-corrected chi connectivity index (χ4v) is 4.95. The molecule has 0 aliphatic rings. The first-order valence-electron chi connectivity index (χ1n) is 10.8. The fraction of sp³-hybridized carbons (Fsp3) is 0.154. The van der Waals surface area contributed by atoms with Gasteiger partial charge in [0, 0.05) is 30.2 Å². The molecule has 4 aromatic rings. The lowest BCUT2D eigenvalue weighted by molar-refractivity contribution is 0.0950. The van der Waals surface area contributed by atoms with E-state index in [1.807, 2.05) is 61.0 Å². The van der Waals surface area contributed by atoms with E-state index in [4.69, 9.17) is 0 Å². The molecule has 1 aromatic heterocycles. The quantitative estimate of drug-likeness (QED) is 0.412. The van der Waals surface area contributed by atoms with Gasteiger partial charge in [-0.25, -0.2) is 13.4 Å². The Hall–Kier alpha value is -3.91. The normalized spacial score (nSPS) is 11.3. The zero-order valence-electron chi connectivity index (χ0n) is 19.2. The van der Waals surface area contributed by atoms with Gasteiger partial charge in [-0.15, -0.1) is 0 Å². The predicted octanol–water partition coefficient (Wildman–Crippen LogP) is 4.53. The maximum absolute atomic E-state index is 13.1. The number of rotatable bonds is 7. The molecule has 0 saturated heterocycles. The molecule has 1 heterocycles. The van der Waals surface area contributed by atoms with Crippen molar-refractivity contribution in [1.82, 2.24) is 14.9 Å². The number of benzene rings is 3. The van der Waals surface area contributed by atoms with E-state index in [-0.39, 0.29) is 16.4 Å². The number of hydrogen-bond donors (Lipinski definition) is 2. The van der Waals surface area contributed by atoms with Crippen LogP contribution < -0.4 is 10.0 Å². The van der Waals surface area contributed by atoms with Crippen molar-refractivity contribution in [3.05, 3.63) is 107 Å². The standard InChI is InChI=1S/C26H26N4O3S/c1-18-4-5-19(2)24(14-18)29-34(32,33)25-15-22(9-6-20(25)3)26(31)28-16-21-7-10-23(11-8-21)30-13-12-27-17-30/h4-15,17,29H,16H2,1-3H3,(H,28,31). The Bertz CT molecular complexity index is 1430. The van der Waals surface area contributed by atoms with E-state index in [1.54, 1.807) is 37.6 Å². The fourth-order valence-electron chi connectivity index (χ4n) is 3.56. The van der Waals surface area contributed by atoms with Crippen LogP contribution in [0, 0.1) is 20.8 Å². The molecule has 0 spiro atoms. The summed E-state index contributed by atoms with van der Waals surface area (Å²) in [7, 11) is -3.87. The Morgan fingerprint density at radius 3 is 2.38 bits per heavy atom. The number of aromatic nitrogens is 2. The molecule has 0 bridgehead atoms. The van der Waals surface area contributed by atoms with Crippen LogP contribution in [0.1, 0.15) is 32.6 Å². The minimum atomic E-state index is -3.87. The lowest BCUT2D eigenvalue weighted by Gasteiger charge is -2.14. The van der Waals surface area contributed by atoms with Gasteiger partial charge in [-0.05, 0) is 73.4 Å². The zero-order chi connectivity index (χ0) is 24.3. The Balaban J connectivity index is 1.48. The van der Waals surface area contributed by atoms with Crippen molar-refractivity contribution >= 4 is 21.6 Å². The molecule has 0 fully saturated rings. The molecular weight excluding hydrogens is 448 g/mol. The van der Waals surface area contributed by atoms with E-state index in [1.165, 1.54) is 6.07 Å². The largest absolute Gasteiger partial charge is 0.348 e. The van der Waals surface area contributed by atoms with E-state index in [9.17, 15) is 13.2 Å². The number of nitrogens with zero attached hydrogens (tertiary/aromatic N) is 2. The minimum absolute atomic E-state index is 0.0748. The number of amides is 1. The molecule has 4 rings (SSSR count). The number of hydrogen-bond acceptors (Lipinski definition) is 4. The molecule has 0 atom stereocenters. The highest BCUT2D eigenvalue weighted by molar-refractivity contribution is 7.92. The van der Waals surface area contributed by atoms with Gasteiger partial charge in [-0.3, -0.25) is 9.52 Å². The molecule has 0 unspecified atom stereocenters. The molecule has 174 valence electrons. The number of anilines is 1. The van der Waals surface area contributed by atoms with Crippen molar-refractivity contribution in [2.24, 2.45) is 0 Å². The van der Waals surface area contributed by atoms with Gasteiger partial charge >= 0.3 is 0 Å². The summed E-state index contributed by atoms with van der Waals surface area (Å²) in [5, 5.41) is 2.86. The van der Waals surface area contributed by atoms with Crippen LogP contribution in [0.15, 0.2) is 84.3 Å². The molecule has 0 aliphatic carbocycles.